The van der Waals surface area contributed by atoms with Crippen LogP contribution in [0.5, 0.6) is 5.75 Å². The van der Waals surface area contributed by atoms with Crippen molar-refractivity contribution in [3.8, 4) is 5.75 Å². The van der Waals surface area contributed by atoms with Crippen LogP contribution < -0.4 is 10.1 Å². The first-order chi connectivity index (χ1) is 14.4. The fourth-order valence-corrected chi connectivity index (χ4v) is 2.81. The normalized spacial score (nSPS) is 11.6. The molecule has 0 atom stereocenters. The van der Waals surface area contributed by atoms with Crippen LogP contribution >= 0.6 is 0 Å². The van der Waals surface area contributed by atoms with E-state index in [9.17, 15) is 13.2 Å². The zero-order valence-corrected chi connectivity index (χ0v) is 15.9. The van der Waals surface area contributed by atoms with Crippen molar-refractivity contribution in [2.24, 2.45) is 0 Å². The summed E-state index contributed by atoms with van der Waals surface area (Å²) in [5.41, 5.74) is 2.22. The van der Waals surface area contributed by atoms with Gasteiger partial charge in [0.15, 0.2) is 0 Å². The molecule has 0 unspecified atom stereocenters. The molecule has 0 fully saturated rings. The number of aryl methyl sites for hydroxylation is 1. The summed E-state index contributed by atoms with van der Waals surface area (Å²) in [6.07, 6.45) is -2.94. The van der Waals surface area contributed by atoms with Crippen LogP contribution in [0.1, 0.15) is 22.8 Å². The highest BCUT2D eigenvalue weighted by Crippen LogP contribution is 2.27. The lowest BCUT2D eigenvalue weighted by Crippen LogP contribution is -2.09. The Balaban J connectivity index is 1.49. The summed E-state index contributed by atoms with van der Waals surface area (Å²) >= 11 is 0. The Hall–Kier alpha value is -3.69. The molecule has 4 rings (SSSR count). The van der Waals surface area contributed by atoms with E-state index >= 15 is 0 Å². The predicted molar refractivity (Wildman–Crippen MR) is 103 cm³/mol. The van der Waals surface area contributed by atoms with Crippen LogP contribution in [0.3, 0.4) is 0 Å². The topological polar surface area (TPSA) is 77.2 Å². The number of rotatable bonds is 6. The van der Waals surface area contributed by atoms with Crippen LogP contribution in [0.15, 0.2) is 54.7 Å². The highest BCUT2D eigenvalue weighted by Gasteiger charge is 2.36. The van der Waals surface area contributed by atoms with Gasteiger partial charge in [-0.15, -0.1) is 5.10 Å². The molecule has 7 nitrogen and oxygen atoms in total. The molecule has 0 saturated carbocycles. The van der Waals surface area contributed by atoms with Gasteiger partial charge in [-0.25, -0.2) is 4.98 Å². The lowest BCUT2D eigenvalue weighted by molar-refractivity contribution is -0.144. The lowest BCUT2D eigenvalue weighted by Gasteiger charge is -2.10. The summed E-state index contributed by atoms with van der Waals surface area (Å²) in [4.78, 5) is 11.7. The maximum atomic E-state index is 12.9. The second-order valence-corrected chi connectivity index (χ2v) is 6.54. The number of fused-ring (bicyclic) bond motifs is 1. The van der Waals surface area contributed by atoms with Gasteiger partial charge in [0.2, 0.25) is 0 Å². The molecule has 10 heteroatoms. The molecule has 3 aromatic heterocycles. The van der Waals surface area contributed by atoms with Gasteiger partial charge in [0.25, 0.3) is 11.6 Å². The first kappa shape index (κ1) is 19.6. The summed E-state index contributed by atoms with van der Waals surface area (Å²) < 4.78 is 45.6. The van der Waals surface area contributed by atoms with Crippen molar-refractivity contribution >= 4 is 11.6 Å². The summed E-state index contributed by atoms with van der Waals surface area (Å²) in [5.74, 6) is -0.317. The summed E-state index contributed by atoms with van der Waals surface area (Å²) in [6, 6.07) is 14.6. The number of anilines is 1. The average molecular weight is 414 g/mol. The third-order valence-electron chi connectivity index (χ3n) is 4.18. The Kier molecular flexibility index (Phi) is 5.21. The van der Waals surface area contributed by atoms with Crippen molar-refractivity contribution in [3.05, 3.63) is 77.5 Å². The SMILES string of the molecule is Cc1cc(NCc2cccc(OCc3ccccn3)c2)n2nc(C(F)(F)F)nc2n1. The number of aromatic nitrogens is 5. The zero-order valence-electron chi connectivity index (χ0n) is 15.9. The van der Waals surface area contributed by atoms with E-state index in [0.29, 0.717) is 30.4 Å². The van der Waals surface area contributed by atoms with Crippen molar-refractivity contribution in [2.75, 3.05) is 5.32 Å². The number of nitrogens with zero attached hydrogens (tertiary/aromatic N) is 5. The monoisotopic (exact) mass is 414 g/mol. The summed E-state index contributed by atoms with van der Waals surface area (Å²) in [5, 5.41) is 6.64. The van der Waals surface area contributed by atoms with Gasteiger partial charge in [-0.3, -0.25) is 4.98 Å². The quantitative estimate of drug-likeness (QED) is 0.513. The number of ether oxygens (including phenoxy) is 1. The van der Waals surface area contributed by atoms with Crippen LogP contribution in [0.4, 0.5) is 19.0 Å². The van der Waals surface area contributed by atoms with Crippen molar-refractivity contribution < 1.29 is 17.9 Å². The number of hydrogen-bond donors (Lipinski definition) is 1. The molecule has 4 aromatic rings. The van der Waals surface area contributed by atoms with Crippen molar-refractivity contribution in [1.82, 2.24) is 24.6 Å². The van der Waals surface area contributed by atoms with E-state index in [1.54, 1.807) is 19.2 Å². The first-order valence-electron chi connectivity index (χ1n) is 9.05. The van der Waals surface area contributed by atoms with Gasteiger partial charge < -0.3 is 10.1 Å². The van der Waals surface area contributed by atoms with Crippen LogP contribution in [0, 0.1) is 6.92 Å². The molecule has 1 N–H and O–H groups in total. The smallest absolute Gasteiger partial charge is 0.453 e. The molecule has 0 radical (unpaired) electrons. The maximum absolute atomic E-state index is 12.9. The molecule has 0 aliphatic carbocycles. The van der Waals surface area contributed by atoms with Gasteiger partial charge in [-0.05, 0) is 36.8 Å². The van der Waals surface area contributed by atoms with Gasteiger partial charge in [0.1, 0.15) is 18.2 Å². The zero-order chi connectivity index (χ0) is 21.1. The van der Waals surface area contributed by atoms with E-state index in [-0.39, 0.29) is 5.78 Å². The third-order valence-corrected chi connectivity index (χ3v) is 4.18. The highest BCUT2D eigenvalue weighted by atomic mass is 19.4. The Morgan fingerprint density at radius 3 is 2.70 bits per heavy atom. The van der Waals surface area contributed by atoms with E-state index in [1.807, 2.05) is 42.5 Å². The van der Waals surface area contributed by atoms with Gasteiger partial charge in [0.05, 0.1) is 5.69 Å². The summed E-state index contributed by atoms with van der Waals surface area (Å²) in [6.45, 7) is 2.36. The minimum Gasteiger partial charge on any atom is -0.487 e. The molecule has 0 aliphatic heterocycles. The number of benzene rings is 1. The van der Waals surface area contributed by atoms with E-state index in [0.717, 1.165) is 15.8 Å². The Morgan fingerprint density at radius 1 is 1.07 bits per heavy atom. The fraction of sp³-hybridized carbons (Fsp3) is 0.200. The molecule has 0 spiro atoms. The van der Waals surface area contributed by atoms with Crippen LogP contribution in [0.2, 0.25) is 0 Å². The molecular formula is C20H17F3N6O. The first-order valence-corrected chi connectivity index (χ1v) is 9.05. The third kappa shape index (κ3) is 4.48. The van der Waals surface area contributed by atoms with Gasteiger partial charge in [0, 0.05) is 24.5 Å². The molecule has 0 saturated heterocycles. The number of nitrogens with one attached hydrogen (secondary N) is 1. The second-order valence-electron chi connectivity index (χ2n) is 6.54. The van der Waals surface area contributed by atoms with Crippen LogP contribution in [0.25, 0.3) is 5.78 Å². The van der Waals surface area contributed by atoms with E-state index in [4.69, 9.17) is 4.74 Å². The molecule has 0 amide bonds. The molecule has 0 bridgehead atoms. The predicted octanol–water partition coefficient (Wildman–Crippen LogP) is 4.04. The van der Waals surface area contributed by atoms with E-state index in [2.05, 4.69) is 25.4 Å². The average Bonchev–Trinajstić information content (AvgIpc) is 3.16. The number of halogens is 3. The molecule has 1 aromatic carbocycles. The highest BCUT2D eigenvalue weighted by molar-refractivity contribution is 5.46. The summed E-state index contributed by atoms with van der Waals surface area (Å²) in [7, 11) is 0. The number of hydrogen-bond acceptors (Lipinski definition) is 6. The van der Waals surface area contributed by atoms with Crippen LogP contribution in [-0.2, 0) is 19.3 Å². The van der Waals surface area contributed by atoms with Crippen LogP contribution in [-0.4, -0.2) is 24.6 Å². The molecule has 3 heterocycles. The largest absolute Gasteiger partial charge is 0.487 e. The minimum atomic E-state index is -4.64. The van der Waals surface area contributed by atoms with E-state index < -0.39 is 12.0 Å². The van der Waals surface area contributed by atoms with Gasteiger partial charge in [-0.2, -0.15) is 22.7 Å². The molecule has 30 heavy (non-hydrogen) atoms. The van der Waals surface area contributed by atoms with Crippen molar-refractivity contribution in [3.63, 3.8) is 0 Å². The van der Waals surface area contributed by atoms with Gasteiger partial charge >= 0.3 is 6.18 Å². The Morgan fingerprint density at radius 2 is 1.93 bits per heavy atom. The molecule has 154 valence electrons. The van der Waals surface area contributed by atoms with Gasteiger partial charge in [-0.1, -0.05) is 18.2 Å². The Labute approximate surface area is 169 Å². The van der Waals surface area contributed by atoms with E-state index in [1.165, 1.54) is 0 Å². The Bertz CT molecular complexity index is 1160. The maximum Gasteiger partial charge on any atom is 0.453 e. The standard InChI is InChI=1S/C20H17F3N6O/c1-13-9-17(29-19(26-13)27-18(28-29)20(21,22)23)25-11-14-5-4-7-16(10-14)30-12-15-6-2-3-8-24-15/h2-10,25H,11-12H2,1H3. The second kappa shape index (κ2) is 7.97. The van der Waals surface area contributed by atoms with Crippen molar-refractivity contribution in [2.45, 2.75) is 26.3 Å². The number of alkyl halides is 3. The van der Waals surface area contributed by atoms with Crippen molar-refractivity contribution in [1.29, 1.82) is 0 Å². The lowest BCUT2D eigenvalue weighted by atomic mass is 10.2. The fourth-order valence-electron chi connectivity index (χ4n) is 2.81. The molecule has 0 aliphatic rings. The minimum absolute atomic E-state index is 0.114. The molecular weight excluding hydrogens is 397 g/mol. The number of pyridine rings is 1.